The highest BCUT2D eigenvalue weighted by Gasteiger charge is 2.24. The van der Waals surface area contributed by atoms with Gasteiger partial charge in [-0.15, -0.1) is 0 Å². The molecule has 0 saturated heterocycles. The number of rotatable bonds is 5. The molecule has 0 aliphatic rings. The first kappa shape index (κ1) is 12.9. The quantitative estimate of drug-likeness (QED) is 0.680. The summed E-state index contributed by atoms with van der Waals surface area (Å²) in [5.74, 6) is -0.187. The van der Waals surface area contributed by atoms with Gasteiger partial charge in [-0.25, -0.2) is 4.79 Å². The Kier molecular flexibility index (Phi) is 5.87. The Balaban J connectivity index is 4.29. The van der Waals surface area contributed by atoms with Crippen LogP contribution >= 0.6 is 0 Å². The lowest BCUT2D eigenvalue weighted by molar-refractivity contribution is -0.123. The highest BCUT2D eigenvalue weighted by atomic mass is 16.5. The number of carbonyl (C=O) groups is 2. The molecule has 1 amide bonds. The zero-order valence-electron chi connectivity index (χ0n) is 8.74. The number of ether oxygens (including phenoxy) is 1. The molecule has 0 aromatic rings. The topological polar surface area (TPSA) is 75.6 Å². The second kappa shape index (κ2) is 6.37. The van der Waals surface area contributed by atoms with Gasteiger partial charge in [0, 0.05) is 6.42 Å². The Bertz CT molecular complexity index is 203. The van der Waals surface area contributed by atoms with Crippen LogP contribution in [0.25, 0.3) is 0 Å². The molecule has 0 rings (SSSR count). The number of carbonyl (C=O) groups excluding carboxylic acids is 2. The van der Waals surface area contributed by atoms with Gasteiger partial charge in [0.2, 0.25) is 0 Å². The van der Waals surface area contributed by atoms with Gasteiger partial charge in [0.15, 0.2) is 5.78 Å². The van der Waals surface area contributed by atoms with Gasteiger partial charge in [0.05, 0.1) is 13.2 Å². The van der Waals surface area contributed by atoms with Gasteiger partial charge in [-0.1, -0.05) is 6.92 Å². The van der Waals surface area contributed by atoms with Crippen LogP contribution in [0, 0.1) is 0 Å². The first-order chi connectivity index (χ1) is 6.52. The van der Waals surface area contributed by atoms with E-state index in [0.717, 1.165) is 0 Å². The molecule has 0 aromatic carbocycles. The minimum Gasteiger partial charge on any atom is -0.453 e. The van der Waals surface area contributed by atoms with E-state index in [1.807, 2.05) is 6.92 Å². The molecule has 5 nitrogen and oxygen atoms in total. The Morgan fingerprint density at radius 1 is 1.50 bits per heavy atom. The second-order valence-corrected chi connectivity index (χ2v) is 3.07. The number of alkyl carbamates (subject to hydrolysis) is 1. The van der Waals surface area contributed by atoms with Gasteiger partial charge in [-0.3, -0.25) is 4.79 Å². The zero-order chi connectivity index (χ0) is 11.1. The summed E-state index contributed by atoms with van der Waals surface area (Å²) in [6.07, 6.45) is -0.599. The molecule has 0 saturated carbocycles. The van der Waals surface area contributed by atoms with Crippen molar-refractivity contribution in [3.8, 4) is 0 Å². The van der Waals surface area contributed by atoms with Gasteiger partial charge in [-0.2, -0.15) is 0 Å². The minimum absolute atomic E-state index is 0.187. The van der Waals surface area contributed by atoms with Crippen LogP contribution in [-0.2, 0) is 9.53 Å². The Labute approximate surface area is 83.4 Å². The van der Waals surface area contributed by atoms with Crippen LogP contribution in [0.1, 0.15) is 26.7 Å². The monoisotopic (exact) mass is 203 g/mol. The van der Waals surface area contributed by atoms with Crippen LogP contribution in [0.5, 0.6) is 0 Å². The molecule has 0 aliphatic heterocycles. The highest BCUT2D eigenvalue weighted by molar-refractivity contribution is 5.87. The highest BCUT2D eigenvalue weighted by Crippen LogP contribution is 2.01. The molecule has 82 valence electrons. The van der Waals surface area contributed by atoms with Crippen LogP contribution < -0.4 is 5.32 Å². The maximum absolute atomic E-state index is 11.4. The Morgan fingerprint density at radius 2 is 2.07 bits per heavy atom. The Morgan fingerprint density at radius 3 is 2.43 bits per heavy atom. The molecule has 0 radical (unpaired) electrons. The molecule has 2 N–H and O–H groups in total. The number of ketones is 1. The van der Waals surface area contributed by atoms with E-state index in [-0.39, 0.29) is 5.78 Å². The van der Waals surface area contributed by atoms with Crippen molar-refractivity contribution in [1.82, 2.24) is 5.32 Å². The minimum atomic E-state index is -0.909. The van der Waals surface area contributed by atoms with E-state index in [2.05, 4.69) is 10.1 Å². The van der Waals surface area contributed by atoms with Crippen molar-refractivity contribution in [3.63, 3.8) is 0 Å². The summed E-state index contributed by atoms with van der Waals surface area (Å²) in [4.78, 5) is 22.2. The first-order valence-corrected chi connectivity index (χ1v) is 4.58. The maximum Gasteiger partial charge on any atom is 0.407 e. The summed E-state index contributed by atoms with van der Waals surface area (Å²) < 4.78 is 4.35. The average molecular weight is 203 g/mol. The number of nitrogens with one attached hydrogen (secondary N) is 1. The summed E-state index contributed by atoms with van der Waals surface area (Å²) in [7, 11) is 1.21. The third-order valence-electron chi connectivity index (χ3n) is 1.78. The lowest BCUT2D eigenvalue weighted by Gasteiger charge is -2.18. The molecule has 5 heteroatoms. The van der Waals surface area contributed by atoms with E-state index in [1.54, 1.807) is 0 Å². The molecule has 0 spiro atoms. The number of amides is 1. The fourth-order valence-electron chi connectivity index (χ4n) is 1.06. The van der Waals surface area contributed by atoms with Gasteiger partial charge in [-0.05, 0) is 13.3 Å². The van der Waals surface area contributed by atoms with Gasteiger partial charge < -0.3 is 15.2 Å². The average Bonchev–Trinajstić information content (AvgIpc) is 2.13. The van der Waals surface area contributed by atoms with E-state index < -0.39 is 18.2 Å². The largest absolute Gasteiger partial charge is 0.453 e. The van der Waals surface area contributed by atoms with Crippen molar-refractivity contribution >= 4 is 11.9 Å². The molecule has 14 heavy (non-hydrogen) atoms. The van der Waals surface area contributed by atoms with Crippen LogP contribution in [0.3, 0.4) is 0 Å². The fourth-order valence-corrected chi connectivity index (χ4v) is 1.06. The predicted octanol–water partition coefficient (Wildman–Crippen LogP) is 0.461. The molecular formula is C9H17NO4. The molecule has 2 unspecified atom stereocenters. The maximum atomic E-state index is 11.4. The van der Waals surface area contributed by atoms with Crippen LogP contribution in [-0.4, -0.2) is 36.2 Å². The second-order valence-electron chi connectivity index (χ2n) is 3.07. The number of hydrogen-bond acceptors (Lipinski definition) is 4. The first-order valence-electron chi connectivity index (χ1n) is 4.58. The number of Topliss-reactive ketones (excluding diaryl/α,β-unsaturated/α-hetero) is 1. The zero-order valence-corrected chi connectivity index (χ0v) is 8.74. The molecular weight excluding hydrogens is 186 g/mol. The third kappa shape index (κ3) is 4.23. The van der Waals surface area contributed by atoms with E-state index in [0.29, 0.717) is 12.8 Å². The van der Waals surface area contributed by atoms with E-state index in [1.165, 1.54) is 14.0 Å². The molecule has 0 bridgehead atoms. The summed E-state index contributed by atoms with van der Waals surface area (Å²) in [6.45, 7) is 3.31. The van der Waals surface area contributed by atoms with Crippen molar-refractivity contribution in [3.05, 3.63) is 0 Å². The number of methoxy groups -OCH3 is 1. The van der Waals surface area contributed by atoms with Crippen molar-refractivity contribution in [2.24, 2.45) is 0 Å². The molecule has 0 aromatic heterocycles. The van der Waals surface area contributed by atoms with E-state index in [9.17, 15) is 14.7 Å². The molecule has 2 atom stereocenters. The summed E-state index contributed by atoms with van der Waals surface area (Å²) in [6, 6.07) is -0.873. The van der Waals surface area contributed by atoms with E-state index >= 15 is 0 Å². The normalized spacial score (nSPS) is 14.3. The van der Waals surface area contributed by atoms with Gasteiger partial charge >= 0.3 is 6.09 Å². The van der Waals surface area contributed by atoms with Crippen molar-refractivity contribution < 1.29 is 19.4 Å². The summed E-state index contributed by atoms with van der Waals surface area (Å²) in [5.41, 5.74) is 0. The third-order valence-corrected chi connectivity index (χ3v) is 1.78. The molecule has 0 fully saturated rings. The fraction of sp³-hybridized carbons (Fsp3) is 0.778. The molecule has 0 heterocycles. The van der Waals surface area contributed by atoms with Crippen molar-refractivity contribution in [2.75, 3.05) is 7.11 Å². The summed E-state index contributed by atoms with van der Waals surface area (Å²) >= 11 is 0. The van der Waals surface area contributed by atoms with Crippen molar-refractivity contribution in [1.29, 1.82) is 0 Å². The van der Waals surface area contributed by atoms with Gasteiger partial charge in [0.1, 0.15) is 6.04 Å². The number of aliphatic hydroxyl groups excluding tert-OH is 1. The summed E-state index contributed by atoms with van der Waals surface area (Å²) in [5, 5.41) is 11.6. The SMILES string of the molecule is CCCC(=O)C(NC(=O)OC)C(C)O. The lowest BCUT2D eigenvalue weighted by Crippen LogP contribution is -2.47. The van der Waals surface area contributed by atoms with E-state index in [4.69, 9.17) is 0 Å². The van der Waals surface area contributed by atoms with Crippen LogP contribution in [0.15, 0.2) is 0 Å². The smallest absolute Gasteiger partial charge is 0.407 e. The standard InChI is InChI=1S/C9H17NO4/c1-4-5-7(12)8(6(2)11)10-9(13)14-3/h6,8,11H,4-5H2,1-3H3,(H,10,13). The number of aliphatic hydroxyl groups is 1. The van der Waals surface area contributed by atoms with Crippen LogP contribution in [0.4, 0.5) is 4.79 Å². The number of hydrogen-bond donors (Lipinski definition) is 2. The Hall–Kier alpha value is -1.10. The van der Waals surface area contributed by atoms with Gasteiger partial charge in [0.25, 0.3) is 0 Å². The van der Waals surface area contributed by atoms with Crippen LogP contribution in [0.2, 0.25) is 0 Å². The predicted molar refractivity (Wildman–Crippen MR) is 50.9 cm³/mol. The molecule has 0 aliphatic carbocycles. The lowest BCUT2D eigenvalue weighted by atomic mass is 10.0. The van der Waals surface area contributed by atoms with Crippen molar-refractivity contribution in [2.45, 2.75) is 38.8 Å².